The second-order valence-corrected chi connectivity index (χ2v) is 6.50. The van der Waals surface area contributed by atoms with Crippen molar-refractivity contribution in [2.75, 3.05) is 26.2 Å². The molecule has 0 bridgehead atoms. The maximum atomic E-state index is 14.5. The quantitative estimate of drug-likeness (QED) is 0.729. The lowest BCUT2D eigenvalue weighted by Crippen LogP contribution is -2.45. The van der Waals surface area contributed by atoms with Gasteiger partial charge in [-0.15, -0.1) is 24.8 Å². The largest absolute Gasteiger partial charge is 0.314 e. The zero-order valence-electron chi connectivity index (χ0n) is 12.7. The fraction of sp³-hybridized carbons (Fsp3) is 0.600. The minimum absolute atomic E-state index is 0. The van der Waals surface area contributed by atoms with Crippen LogP contribution in [-0.2, 0) is 0 Å². The number of hydrogen-bond acceptors (Lipinski definition) is 2. The van der Waals surface area contributed by atoms with E-state index in [-0.39, 0.29) is 41.7 Å². The molecule has 2 nitrogen and oxygen atoms in total. The Labute approximate surface area is 154 Å². The number of piperazine rings is 1. The lowest BCUT2D eigenvalue weighted by Gasteiger charge is -2.36. The predicted octanol–water partition coefficient (Wildman–Crippen LogP) is 4.97. The maximum Gasteiger partial charge on any atom is 0.148 e. The van der Waals surface area contributed by atoms with Crippen molar-refractivity contribution >= 4 is 48.0 Å². The molecule has 1 N–H and O–H groups in total. The smallest absolute Gasteiger partial charge is 0.148 e. The topological polar surface area (TPSA) is 15.3 Å². The normalized spacial score (nSPS) is 16.8. The molecule has 1 aliphatic heterocycles. The van der Waals surface area contributed by atoms with Gasteiger partial charge in [0.25, 0.3) is 0 Å². The minimum atomic E-state index is -0.372. The van der Waals surface area contributed by atoms with Crippen molar-refractivity contribution in [1.82, 2.24) is 10.2 Å². The summed E-state index contributed by atoms with van der Waals surface area (Å²) in [5.74, 6) is 0.0904. The predicted molar refractivity (Wildman–Crippen MR) is 97.6 cm³/mol. The molecule has 1 aliphatic rings. The minimum Gasteiger partial charge on any atom is -0.314 e. The van der Waals surface area contributed by atoms with Crippen molar-refractivity contribution in [1.29, 1.82) is 0 Å². The highest BCUT2D eigenvalue weighted by Gasteiger charge is 2.28. The van der Waals surface area contributed by atoms with E-state index in [9.17, 15) is 4.39 Å². The highest BCUT2D eigenvalue weighted by atomic mass is 35.5. The molecule has 0 aromatic heterocycles. The zero-order chi connectivity index (χ0) is 14.7. The van der Waals surface area contributed by atoms with E-state index in [1.807, 2.05) is 0 Å². The third-order valence-corrected chi connectivity index (χ3v) is 4.32. The van der Waals surface area contributed by atoms with E-state index in [1.165, 1.54) is 6.07 Å². The second kappa shape index (κ2) is 10.2. The van der Waals surface area contributed by atoms with E-state index in [0.717, 1.165) is 32.6 Å². The number of nitrogens with zero attached hydrogens (tertiary/aromatic N) is 1. The van der Waals surface area contributed by atoms with Crippen LogP contribution in [0.5, 0.6) is 0 Å². The van der Waals surface area contributed by atoms with E-state index >= 15 is 0 Å². The first-order valence-corrected chi connectivity index (χ1v) is 7.84. The number of hydrogen-bond donors (Lipinski definition) is 1. The average molecular weight is 392 g/mol. The molecule has 0 aliphatic carbocycles. The molecule has 22 heavy (non-hydrogen) atoms. The van der Waals surface area contributed by atoms with Crippen molar-refractivity contribution in [3.63, 3.8) is 0 Å². The Bertz CT molecular complexity index is 465. The molecule has 7 heteroatoms. The fourth-order valence-corrected chi connectivity index (χ4v) is 3.17. The van der Waals surface area contributed by atoms with Crippen molar-refractivity contribution in [3.8, 4) is 0 Å². The van der Waals surface area contributed by atoms with Gasteiger partial charge in [-0.1, -0.05) is 37.0 Å². The monoisotopic (exact) mass is 390 g/mol. The molecule has 1 heterocycles. The van der Waals surface area contributed by atoms with Gasteiger partial charge in [-0.25, -0.2) is 4.39 Å². The van der Waals surface area contributed by atoms with E-state index < -0.39 is 0 Å². The summed E-state index contributed by atoms with van der Waals surface area (Å²) in [6, 6.07) is 3.20. The lowest BCUT2D eigenvalue weighted by molar-refractivity contribution is 0.151. The molecule has 128 valence electrons. The molecule has 0 spiro atoms. The molecule has 1 fully saturated rings. The van der Waals surface area contributed by atoms with Crippen LogP contribution < -0.4 is 5.32 Å². The Morgan fingerprint density at radius 1 is 1.14 bits per heavy atom. The SMILES string of the molecule is CC(C)C[C@@H](c1c(Cl)ccc(Cl)c1F)N1CCNCC1.Cl.Cl. The summed E-state index contributed by atoms with van der Waals surface area (Å²) >= 11 is 12.2. The van der Waals surface area contributed by atoms with E-state index in [0.29, 0.717) is 16.5 Å². The molecule has 2 rings (SSSR count). The second-order valence-electron chi connectivity index (χ2n) is 5.69. The zero-order valence-corrected chi connectivity index (χ0v) is 15.9. The first-order valence-electron chi connectivity index (χ1n) is 7.09. The van der Waals surface area contributed by atoms with Crippen molar-refractivity contribution in [3.05, 3.63) is 33.6 Å². The van der Waals surface area contributed by atoms with Crippen molar-refractivity contribution in [2.45, 2.75) is 26.3 Å². The van der Waals surface area contributed by atoms with Gasteiger partial charge in [0.15, 0.2) is 0 Å². The van der Waals surface area contributed by atoms with Crippen LogP contribution in [0.4, 0.5) is 4.39 Å². The van der Waals surface area contributed by atoms with E-state index in [4.69, 9.17) is 23.2 Å². The molecule has 1 aromatic carbocycles. The van der Waals surface area contributed by atoms with Crippen LogP contribution in [0.1, 0.15) is 31.9 Å². The van der Waals surface area contributed by atoms with Gasteiger partial charge < -0.3 is 5.32 Å². The summed E-state index contributed by atoms with van der Waals surface area (Å²) in [4.78, 5) is 2.30. The Morgan fingerprint density at radius 3 is 2.23 bits per heavy atom. The third kappa shape index (κ3) is 5.40. The maximum absolute atomic E-state index is 14.5. The highest BCUT2D eigenvalue weighted by molar-refractivity contribution is 6.33. The fourth-order valence-electron chi connectivity index (χ4n) is 2.74. The van der Waals surface area contributed by atoms with Crippen LogP contribution in [0.3, 0.4) is 0 Å². The lowest BCUT2D eigenvalue weighted by atomic mass is 9.94. The molecular weight excluding hydrogens is 369 g/mol. The number of rotatable bonds is 4. The van der Waals surface area contributed by atoms with Crippen LogP contribution >= 0.6 is 48.0 Å². The molecule has 0 unspecified atom stereocenters. The molecule has 1 aromatic rings. The summed E-state index contributed by atoms with van der Waals surface area (Å²) in [7, 11) is 0. The van der Waals surface area contributed by atoms with Gasteiger partial charge >= 0.3 is 0 Å². The van der Waals surface area contributed by atoms with Gasteiger partial charge in [0, 0.05) is 42.8 Å². The number of benzene rings is 1. The van der Waals surface area contributed by atoms with E-state index in [1.54, 1.807) is 6.07 Å². The van der Waals surface area contributed by atoms with Gasteiger partial charge in [-0.05, 0) is 24.5 Å². The molecule has 1 atom stereocenters. The third-order valence-electron chi connectivity index (χ3n) is 3.70. The molecule has 0 amide bonds. The van der Waals surface area contributed by atoms with Crippen LogP contribution in [0, 0.1) is 11.7 Å². The van der Waals surface area contributed by atoms with E-state index in [2.05, 4.69) is 24.1 Å². The molecule has 0 radical (unpaired) electrons. The van der Waals surface area contributed by atoms with Gasteiger partial charge in [0.05, 0.1) is 5.02 Å². The van der Waals surface area contributed by atoms with Crippen molar-refractivity contribution < 1.29 is 4.39 Å². The molecular formula is C15H23Cl4FN2. The van der Waals surface area contributed by atoms with Gasteiger partial charge in [0.1, 0.15) is 5.82 Å². The highest BCUT2D eigenvalue weighted by Crippen LogP contribution is 2.37. The van der Waals surface area contributed by atoms with Crippen LogP contribution in [0.2, 0.25) is 10.0 Å². The van der Waals surface area contributed by atoms with Crippen LogP contribution in [-0.4, -0.2) is 31.1 Å². The Balaban J connectivity index is 0.00000220. The first-order chi connectivity index (χ1) is 9.50. The summed E-state index contributed by atoms with van der Waals surface area (Å²) in [6.07, 6.45) is 0.872. The first kappa shape index (κ1) is 22.2. The summed E-state index contributed by atoms with van der Waals surface area (Å²) in [5.41, 5.74) is 0.551. The van der Waals surface area contributed by atoms with Crippen LogP contribution in [0.15, 0.2) is 12.1 Å². The molecule has 0 saturated carbocycles. The Kier molecular flexibility index (Phi) is 10.3. The number of nitrogens with one attached hydrogen (secondary N) is 1. The summed E-state index contributed by atoms with van der Waals surface area (Å²) in [5, 5.41) is 3.94. The standard InChI is InChI=1S/C15H21Cl2FN2.2ClH/c1-10(2)9-13(20-7-5-19-6-8-20)14-11(16)3-4-12(17)15(14)18;;/h3-4,10,13,19H,5-9H2,1-2H3;2*1H/t13-;;/m0../s1. The van der Waals surface area contributed by atoms with Gasteiger partial charge in [-0.3, -0.25) is 4.90 Å². The van der Waals surface area contributed by atoms with Crippen LogP contribution in [0.25, 0.3) is 0 Å². The summed E-state index contributed by atoms with van der Waals surface area (Å²) in [6.45, 7) is 7.94. The molecule has 1 saturated heterocycles. The Morgan fingerprint density at radius 2 is 1.68 bits per heavy atom. The van der Waals surface area contributed by atoms with Gasteiger partial charge in [0.2, 0.25) is 0 Å². The summed E-state index contributed by atoms with van der Waals surface area (Å²) < 4.78 is 14.5. The Hall–Kier alpha value is 0.230. The average Bonchev–Trinajstić information content (AvgIpc) is 2.43. The number of halogens is 5. The van der Waals surface area contributed by atoms with Gasteiger partial charge in [-0.2, -0.15) is 0 Å². The van der Waals surface area contributed by atoms with Crippen molar-refractivity contribution in [2.24, 2.45) is 5.92 Å².